The molecule has 0 radical (unpaired) electrons. The summed E-state index contributed by atoms with van der Waals surface area (Å²) in [6.45, 7) is 10.1. The summed E-state index contributed by atoms with van der Waals surface area (Å²) in [7, 11) is 1.70. The Kier molecular flexibility index (Phi) is 14.6. The summed E-state index contributed by atoms with van der Waals surface area (Å²) in [4.78, 5) is 29.4. The number of methoxy groups -OCH3 is 1. The van der Waals surface area contributed by atoms with Crippen molar-refractivity contribution in [3.05, 3.63) is 60.3 Å². The van der Waals surface area contributed by atoms with Gasteiger partial charge in [-0.2, -0.15) is 4.98 Å². The number of piperazine rings is 1. The van der Waals surface area contributed by atoms with Gasteiger partial charge >= 0.3 is 0 Å². The number of hydrogen-bond donors (Lipinski definition) is 5. The molecule has 1 amide bonds. The highest BCUT2D eigenvalue weighted by atomic mass is 16.5. The van der Waals surface area contributed by atoms with Crippen molar-refractivity contribution < 1.29 is 14.6 Å². The fourth-order valence-corrected chi connectivity index (χ4v) is 12.4. The Morgan fingerprint density at radius 1 is 0.859 bits per heavy atom. The smallest absolute Gasteiger partial charge is 0.229 e. The van der Waals surface area contributed by atoms with Crippen molar-refractivity contribution in [3.8, 4) is 5.75 Å². The van der Waals surface area contributed by atoms with E-state index in [1.807, 2.05) is 36.2 Å². The number of anilines is 6. The van der Waals surface area contributed by atoms with Crippen molar-refractivity contribution >= 4 is 46.0 Å². The van der Waals surface area contributed by atoms with E-state index >= 15 is 0 Å². The zero-order valence-corrected chi connectivity index (χ0v) is 38.8. The van der Waals surface area contributed by atoms with Gasteiger partial charge in [0.15, 0.2) is 6.23 Å². The molecule has 1 aromatic heterocycles. The van der Waals surface area contributed by atoms with Crippen LogP contribution in [-0.2, 0) is 4.79 Å². The van der Waals surface area contributed by atoms with Crippen LogP contribution in [0, 0.1) is 23.2 Å². The molecule has 4 heterocycles. The Bertz CT molecular complexity index is 2030. The van der Waals surface area contributed by atoms with Gasteiger partial charge < -0.3 is 36.0 Å². The van der Waals surface area contributed by atoms with Crippen LogP contribution < -0.4 is 35.8 Å². The molecule has 64 heavy (non-hydrogen) atoms. The molecule has 6 fully saturated rings. The first kappa shape index (κ1) is 44.8. The Balaban J connectivity index is 0.645. The Labute approximate surface area is 382 Å². The first-order chi connectivity index (χ1) is 31.3. The molecule has 4 aliphatic carbocycles. The normalized spacial score (nSPS) is 25.1. The summed E-state index contributed by atoms with van der Waals surface area (Å²) >= 11 is 0. The number of benzene rings is 2. The maximum absolute atomic E-state index is 12.8. The standard InChI is InChI=1S/C52H75N9O3/c1-37-24-49(63)61(44-15-13-14-41(28-44)56-42-34-53-35-42)50-45(37)36-55-51(58-50)57-46-17-16-43(29-47(46)64-2)60-22-20-59(21-23-60)19-12-10-8-6-4-3-5-7-9-11-18-54-48(62)33-52-30-38-25-39(31-52)27-40(26-38)32-52/h13-17,24,28-29,36,38-40,42,49,53,56,63H,3-12,18-23,25-27,30-35H2,1-2H3,(H,54,62)(H,55,57,58). The van der Waals surface area contributed by atoms with Gasteiger partial charge in [0, 0.05) is 87.1 Å². The molecule has 10 rings (SSSR count). The van der Waals surface area contributed by atoms with Crippen molar-refractivity contribution in [1.82, 2.24) is 25.5 Å². The van der Waals surface area contributed by atoms with E-state index in [1.54, 1.807) is 7.11 Å². The number of carbonyl (C=O) groups is 1. The number of aromatic nitrogens is 2. The molecular formula is C52H75N9O3. The second-order valence-electron chi connectivity index (χ2n) is 20.4. The predicted octanol–water partition coefficient (Wildman–Crippen LogP) is 9.23. The van der Waals surface area contributed by atoms with E-state index < -0.39 is 6.23 Å². The number of amides is 1. The minimum Gasteiger partial charge on any atom is -0.494 e. The third kappa shape index (κ3) is 11.0. The van der Waals surface area contributed by atoms with E-state index in [-0.39, 0.29) is 0 Å². The van der Waals surface area contributed by atoms with Crippen LogP contribution in [0.2, 0.25) is 0 Å². The summed E-state index contributed by atoms with van der Waals surface area (Å²) in [5, 5.41) is 24.9. The number of carbonyl (C=O) groups excluding carboxylic acids is 1. The second-order valence-corrected chi connectivity index (χ2v) is 20.4. The molecule has 3 aliphatic heterocycles. The van der Waals surface area contributed by atoms with Crippen LogP contribution in [0.3, 0.4) is 0 Å². The summed E-state index contributed by atoms with van der Waals surface area (Å²) in [5.41, 5.74) is 5.99. The summed E-state index contributed by atoms with van der Waals surface area (Å²) in [5.74, 6) is 4.93. The summed E-state index contributed by atoms with van der Waals surface area (Å²) in [6, 6.07) is 14.9. The minimum atomic E-state index is -0.861. The first-order valence-electron chi connectivity index (χ1n) is 25.1. The van der Waals surface area contributed by atoms with Gasteiger partial charge in [-0.1, -0.05) is 57.4 Å². The van der Waals surface area contributed by atoms with Gasteiger partial charge in [0.1, 0.15) is 11.6 Å². The van der Waals surface area contributed by atoms with E-state index in [1.165, 1.54) is 103 Å². The predicted molar refractivity (Wildman–Crippen MR) is 260 cm³/mol. The average Bonchev–Trinajstić information content (AvgIpc) is 3.26. The molecule has 346 valence electrons. The number of nitrogens with one attached hydrogen (secondary N) is 4. The lowest BCUT2D eigenvalue weighted by Crippen LogP contribution is -2.51. The van der Waals surface area contributed by atoms with Crippen LogP contribution in [0.25, 0.3) is 5.57 Å². The van der Waals surface area contributed by atoms with Gasteiger partial charge in [-0.15, -0.1) is 0 Å². The molecule has 12 nitrogen and oxygen atoms in total. The zero-order chi connectivity index (χ0) is 43.9. The number of nitrogens with zero attached hydrogens (tertiary/aromatic N) is 5. The first-order valence-corrected chi connectivity index (χ1v) is 25.1. The number of fused-ring (bicyclic) bond motifs is 1. The van der Waals surface area contributed by atoms with Crippen molar-refractivity contribution in [2.75, 3.05) is 79.9 Å². The van der Waals surface area contributed by atoms with Crippen LogP contribution in [0.5, 0.6) is 5.75 Å². The van der Waals surface area contributed by atoms with Crippen LogP contribution in [0.1, 0.15) is 122 Å². The van der Waals surface area contributed by atoms with E-state index in [9.17, 15) is 9.90 Å². The minimum absolute atomic E-state index is 0.331. The molecule has 1 atom stereocenters. The van der Waals surface area contributed by atoms with Crippen molar-refractivity contribution in [2.24, 2.45) is 23.2 Å². The Hall–Kier alpha value is -4.39. The van der Waals surface area contributed by atoms with E-state index in [0.29, 0.717) is 29.1 Å². The van der Waals surface area contributed by atoms with Crippen LogP contribution in [-0.4, -0.2) is 97.6 Å². The lowest BCUT2D eigenvalue weighted by Gasteiger charge is -2.56. The van der Waals surface area contributed by atoms with Crippen molar-refractivity contribution in [2.45, 2.75) is 128 Å². The number of aliphatic hydroxyl groups is 1. The zero-order valence-electron chi connectivity index (χ0n) is 38.8. The highest BCUT2D eigenvalue weighted by Gasteiger charge is 2.51. The van der Waals surface area contributed by atoms with Crippen molar-refractivity contribution in [1.29, 1.82) is 0 Å². The number of aliphatic hydroxyl groups excluding tert-OH is 1. The molecule has 12 heteroatoms. The van der Waals surface area contributed by atoms with E-state index in [0.717, 1.165) is 116 Å². The molecular weight excluding hydrogens is 799 g/mol. The number of unbranched alkanes of at least 4 members (excludes halogenated alkanes) is 9. The highest BCUT2D eigenvalue weighted by molar-refractivity contribution is 5.83. The van der Waals surface area contributed by atoms with Crippen LogP contribution >= 0.6 is 0 Å². The topological polar surface area (TPSA) is 130 Å². The van der Waals surface area contributed by atoms with Gasteiger partial charge in [0.25, 0.3) is 0 Å². The largest absolute Gasteiger partial charge is 0.494 e. The monoisotopic (exact) mass is 874 g/mol. The third-order valence-corrected chi connectivity index (χ3v) is 15.5. The maximum Gasteiger partial charge on any atom is 0.229 e. The summed E-state index contributed by atoms with van der Waals surface area (Å²) in [6.07, 6.45) is 24.9. The molecule has 0 spiro atoms. The molecule has 1 unspecified atom stereocenters. The van der Waals surface area contributed by atoms with Crippen LogP contribution in [0.4, 0.5) is 34.5 Å². The molecule has 2 saturated heterocycles. The van der Waals surface area contributed by atoms with E-state index in [4.69, 9.17) is 9.72 Å². The molecule has 2 aromatic carbocycles. The molecule has 4 bridgehead atoms. The fourth-order valence-electron chi connectivity index (χ4n) is 12.4. The molecule has 7 aliphatic rings. The lowest BCUT2D eigenvalue weighted by atomic mass is 9.49. The third-order valence-electron chi connectivity index (χ3n) is 15.5. The van der Waals surface area contributed by atoms with E-state index in [2.05, 4.69) is 66.4 Å². The number of hydrogen-bond acceptors (Lipinski definition) is 11. The van der Waals surface area contributed by atoms with Crippen molar-refractivity contribution in [3.63, 3.8) is 0 Å². The molecule has 3 aromatic rings. The maximum atomic E-state index is 12.8. The Morgan fingerprint density at radius 2 is 1.55 bits per heavy atom. The molecule has 4 saturated carbocycles. The second kappa shape index (κ2) is 20.8. The fraction of sp³-hybridized carbons (Fsp3) is 0.635. The lowest BCUT2D eigenvalue weighted by molar-refractivity contribution is -0.129. The van der Waals surface area contributed by atoms with Gasteiger partial charge in [0.05, 0.1) is 18.8 Å². The van der Waals surface area contributed by atoms with Gasteiger partial charge in [-0.3, -0.25) is 14.6 Å². The van der Waals surface area contributed by atoms with Crippen LogP contribution in [0.15, 0.2) is 54.7 Å². The average molecular weight is 874 g/mol. The Morgan fingerprint density at radius 3 is 2.22 bits per heavy atom. The van der Waals surface area contributed by atoms with Gasteiger partial charge in [-0.05, 0) is 130 Å². The van der Waals surface area contributed by atoms with Gasteiger partial charge in [0.2, 0.25) is 11.9 Å². The number of allylic oxidation sites excluding steroid dienone is 1. The summed E-state index contributed by atoms with van der Waals surface area (Å²) < 4.78 is 5.89. The molecule has 5 N–H and O–H groups in total. The highest BCUT2D eigenvalue weighted by Crippen LogP contribution is 2.61. The number of ether oxygens (including phenoxy) is 1. The van der Waals surface area contributed by atoms with Gasteiger partial charge in [-0.25, -0.2) is 4.98 Å². The quantitative estimate of drug-likeness (QED) is 0.0620. The number of rotatable bonds is 22. The SMILES string of the molecule is COc1cc(N2CCN(CCCCCCCCCCCCNC(=O)CC34CC5CC(CC(C5)C3)C4)CC2)ccc1Nc1ncc2c(n1)N(c1cccc(NC3CNC3)c1)C(O)C=C2C.